The van der Waals surface area contributed by atoms with Crippen molar-refractivity contribution in [2.75, 3.05) is 23.4 Å². The molecule has 0 aromatic heterocycles. The molecule has 2 rings (SSSR count). The number of amides is 1. The van der Waals surface area contributed by atoms with Gasteiger partial charge in [0.25, 0.3) is 0 Å². The molecule has 0 unspecified atom stereocenters. The molecule has 3 N–H and O–H groups in total. The number of nitrogens with two attached hydrogens (primary N) is 1. The molecule has 1 aromatic carbocycles. The Morgan fingerprint density at radius 1 is 1.44 bits per heavy atom. The summed E-state index contributed by atoms with van der Waals surface area (Å²) in [4.78, 5) is 11.2. The third kappa shape index (κ3) is 3.20. The van der Waals surface area contributed by atoms with E-state index in [4.69, 9.17) is 5.73 Å². The van der Waals surface area contributed by atoms with Crippen molar-refractivity contribution < 1.29 is 4.79 Å². The van der Waals surface area contributed by atoms with Crippen molar-refractivity contribution in [1.82, 2.24) is 0 Å². The van der Waals surface area contributed by atoms with Crippen LogP contribution in [-0.4, -0.2) is 36.3 Å². The van der Waals surface area contributed by atoms with Gasteiger partial charge in [0.1, 0.15) is 0 Å². The predicted molar refractivity (Wildman–Crippen MR) is 74.4 cm³/mol. The first-order chi connectivity index (χ1) is 7.79. The summed E-state index contributed by atoms with van der Waals surface area (Å²) in [5, 5.41) is 2.80. The summed E-state index contributed by atoms with van der Waals surface area (Å²) in [5.41, 5.74) is 6.14. The van der Waals surface area contributed by atoms with E-state index in [1.807, 2.05) is 12.1 Å². The van der Waals surface area contributed by atoms with E-state index in [0.717, 1.165) is 5.69 Å². The Kier molecular flexibility index (Phi) is 4.64. The zero-order valence-corrected chi connectivity index (χ0v) is 12.2. The van der Waals surface area contributed by atoms with Crippen LogP contribution in [0.15, 0.2) is 24.3 Å². The average molecular weight is 316 g/mol. The van der Waals surface area contributed by atoms with Gasteiger partial charge in [-0.25, -0.2) is 0 Å². The van der Waals surface area contributed by atoms with Crippen LogP contribution in [0.25, 0.3) is 0 Å². The van der Waals surface area contributed by atoms with E-state index < -0.39 is 12.3 Å². The molecule has 0 saturated carbocycles. The molecule has 0 spiro atoms. The Labute approximate surface area is 106 Å². The molecule has 3 nitrogen and oxygen atoms in total. The molecule has 1 aliphatic rings. The standard InChI is InChI=1S/C10H13AsN2OS2/c12-7-10(14)13-9-3-1-2-8(6-9)11-15-4-5-16-11/h1-3,6H,4-5,7,12H2,(H,13,14). The fraction of sp³-hybridized carbons (Fsp3) is 0.300. The van der Waals surface area contributed by atoms with Crippen LogP contribution in [0.3, 0.4) is 0 Å². The molecule has 1 heterocycles. The number of rotatable bonds is 3. The molecule has 1 fully saturated rings. The molecule has 0 aliphatic carbocycles. The molecule has 86 valence electrons. The first kappa shape index (κ1) is 12.4. The monoisotopic (exact) mass is 316 g/mol. The minimum atomic E-state index is -0.940. The van der Waals surface area contributed by atoms with E-state index >= 15 is 0 Å². The molecule has 6 heteroatoms. The number of benzene rings is 1. The summed E-state index contributed by atoms with van der Waals surface area (Å²) < 4.78 is 1.41. The topological polar surface area (TPSA) is 55.1 Å². The summed E-state index contributed by atoms with van der Waals surface area (Å²) in [6.45, 7) is 0.0369. The maximum atomic E-state index is 11.2. The Morgan fingerprint density at radius 3 is 2.88 bits per heavy atom. The first-order valence-electron chi connectivity index (χ1n) is 4.95. The molecule has 0 atom stereocenters. The normalized spacial score (nSPS) is 16.3. The van der Waals surface area contributed by atoms with Crippen LogP contribution in [0, 0.1) is 0 Å². The van der Waals surface area contributed by atoms with E-state index in [-0.39, 0.29) is 12.5 Å². The van der Waals surface area contributed by atoms with E-state index in [2.05, 4.69) is 37.5 Å². The number of nitrogens with one attached hydrogen (secondary N) is 1. The number of carbonyl (C=O) groups excluding carboxylic acids is 1. The molecule has 16 heavy (non-hydrogen) atoms. The Morgan fingerprint density at radius 2 is 2.19 bits per heavy atom. The molecular weight excluding hydrogens is 303 g/mol. The molecular formula is C10H13AsN2OS2. The molecule has 1 aromatic rings. The van der Waals surface area contributed by atoms with Crippen LogP contribution in [0.1, 0.15) is 0 Å². The van der Waals surface area contributed by atoms with Crippen molar-refractivity contribution in [1.29, 1.82) is 0 Å². The number of carbonyl (C=O) groups is 1. The summed E-state index contributed by atoms with van der Waals surface area (Å²) in [7, 11) is 4.20. The third-order valence-electron chi connectivity index (χ3n) is 2.03. The van der Waals surface area contributed by atoms with Gasteiger partial charge in [-0.2, -0.15) is 0 Å². The SMILES string of the molecule is NCC(=O)Nc1cccc([As]2SCCS2)c1. The van der Waals surface area contributed by atoms with E-state index in [0.29, 0.717) is 0 Å². The summed E-state index contributed by atoms with van der Waals surface area (Å²) >= 11 is -0.940. The Balaban J connectivity index is 2.09. The number of hydrogen-bond donors (Lipinski definition) is 2. The van der Waals surface area contributed by atoms with Crippen molar-refractivity contribution >= 4 is 48.3 Å². The predicted octanol–water partition coefficient (Wildman–Crippen LogP) is 0.759. The van der Waals surface area contributed by atoms with Crippen molar-refractivity contribution in [3.05, 3.63) is 24.3 Å². The molecule has 1 aliphatic heterocycles. The zero-order chi connectivity index (χ0) is 11.4. The van der Waals surface area contributed by atoms with Gasteiger partial charge in [-0.15, -0.1) is 0 Å². The van der Waals surface area contributed by atoms with Crippen LogP contribution < -0.4 is 15.4 Å². The van der Waals surface area contributed by atoms with Crippen LogP contribution in [0.2, 0.25) is 0 Å². The zero-order valence-electron chi connectivity index (χ0n) is 8.68. The van der Waals surface area contributed by atoms with Crippen molar-refractivity contribution in [2.45, 2.75) is 0 Å². The van der Waals surface area contributed by atoms with Gasteiger partial charge in [0.2, 0.25) is 0 Å². The number of anilines is 1. The molecule has 0 radical (unpaired) electrons. The molecule has 1 saturated heterocycles. The Hall–Kier alpha value is -0.0916. The van der Waals surface area contributed by atoms with Gasteiger partial charge in [0, 0.05) is 0 Å². The van der Waals surface area contributed by atoms with Gasteiger partial charge in [-0.1, -0.05) is 0 Å². The second kappa shape index (κ2) is 6.01. The van der Waals surface area contributed by atoms with Gasteiger partial charge < -0.3 is 0 Å². The Bertz CT molecular complexity index is 383. The second-order valence-electron chi connectivity index (χ2n) is 3.23. The quantitative estimate of drug-likeness (QED) is 0.809. The third-order valence-corrected chi connectivity index (χ3v) is 15.7. The van der Waals surface area contributed by atoms with Gasteiger partial charge in [-0.3, -0.25) is 0 Å². The van der Waals surface area contributed by atoms with Crippen LogP contribution in [0.5, 0.6) is 0 Å². The van der Waals surface area contributed by atoms with Crippen LogP contribution >= 0.6 is 20.0 Å². The number of hydrogen-bond acceptors (Lipinski definition) is 4. The summed E-state index contributed by atoms with van der Waals surface area (Å²) in [5.74, 6) is 2.40. The van der Waals surface area contributed by atoms with Gasteiger partial charge in [0.15, 0.2) is 0 Å². The van der Waals surface area contributed by atoms with Crippen LogP contribution in [-0.2, 0) is 4.79 Å². The van der Waals surface area contributed by atoms with Crippen LogP contribution in [0.4, 0.5) is 5.69 Å². The van der Waals surface area contributed by atoms with Gasteiger partial charge >= 0.3 is 106 Å². The molecule has 1 amide bonds. The average Bonchev–Trinajstić information content (AvgIpc) is 2.83. The van der Waals surface area contributed by atoms with Gasteiger partial charge in [-0.05, 0) is 0 Å². The van der Waals surface area contributed by atoms with Gasteiger partial charge in [0.05, 0.1) is 0 Å². The van der Waals surface area contributed by atoms with Crippen molar-refractivity contribution in [3.63, 3.8) is 0 Å². The minimum absolute atomic E-state index is 0.0369. The van der Waals surface area contributed by atoms with Crippen molar-refractivity contribution in [2.24, 2.45) is 5.73 Å². The van der Waals surface area contributed by atoms with Crippen molar-refractivity contribution in [3.8, 4) is 0 Å². The fourth-order valence-electron chi connectivity index (χ4n) is 1.34. The summed E-state index contributed by atoms with van der Waals surface area (Å²) in [6.07, 6.45) is 0. The summed E-state index contributed by atoms with van der Waals surface area (Å²) in [6, 6.07) is 8.19. The maximum absolute atomic E-state index is 11.2. The second-order valence-corrected chi connectivity index (χ2v) is 15.0. The molecule has 0 bridgehead atoms. The van der Waals surface area contributed by atoms with E-state index in [1.54, 1.807) is 0 Å². The fourth-order valence-corrected chi connectivity index (χ4v) is 15.5. The first-order valence-corrected chi connectivity index (χ1v) is 12.4. The van der Waals surface area contributed by atoms with E-state index in [1.165, 1.54) is 15.9 Å². The van der Waals surface area contributed by atoms with E-state index in [9.17, 15) is 4.79 Å².